The first kappa shape index (κ1) is 8.93. The lowest BCUT2D eigenvalue weighted by Gasteiger charge is -2.41. The van der Waals surface area contributed by atoms with Crippen molar-refractivity contribution in [2.45, 2.75) is 12.1 Å². The predicted octanol–water partition coefficient (Wildman–Crippen LogP) is -1.26. The highest BCUT2D eigenvalue weighted by Crippen LogP contribution is 2.12. The van der Waals surface area contributed by atoms with Crippen LogP contribution in [-0.2, 0) is 9.53 Å². The topological polar surface area (TPSA) is 61.8 Å². The number of piperazine rings is 1. The van der Waals surface area contributed by atoms with Crippen LogP contribution in [0.2, 0.25) is 0 Å². The van der Waals surface area contributed by atoms with E-state index in [-0.39, 0.29) is 0 Å². The molecule has 2 rings (SSSR count). The fourth-order valence-electron chi connectivity index (χ4n) is 1.70. The van der Waals surface area contributed by atoms with E-state index >= 15 is 0 Å². The second-order valence-electron chi connectivity index (χ2n) is 3.53. The van der Waals surface area contributed by atoms with Gasteiger partial charge in [-0.05, 0) is 0 Å². The van der Waals surface area contributed by atoms with Crippen LogP contribution in [-0.4, -0.2) is 60.9 Å². The molecule has 0 saturated carbocycles. The van der Waals surface area contributed by atoms with E-state index in [1.165, 1.54) is 0 Å². The van der Waals surface area contributed by atoms with E-state index < -0.39 is 12.0 Å². The summed E-state index contributed by atoms with van der Waals surface area (Å²) in [5.41, 5.74) is 0. The van der Waals surface area contributed by atoms with E-state index in [1.54, 1.807) is 0 Å². The Morgan fingerprint density at radius 2 is 2.31 bits per heavy atom. The molecule has 0 amide bonds. The molecule has 74 valence electrons. The molecular weight excluding hydrogens is 172 g/mol. The largest absolute Gasteiger partial charge is 0.480 e. The Morgan fingerprint density at radius 1 is 1.54 bits per heavy atom. The van der Waals surface area contributed by atoms with Crippen molar-refractivity contribution in [3.8, 4) is 0 Å². The molecule has 0 bridgehead atoms. The van der Waals surface area contributed by atoms with Gasteiger partial charge in [0.1, 0.15) is 6.04 Å². The van der Waals surface area contributed by atoms with Crippen molar-refractivity contribution in [2.75, 3.05) is 32.8 Å². The Hall–Kier alpha value is -0.650. The van der Waals surface area contributed by atoms with E-state index in [4.69, 9.17) is 9.84 Å². The number of rotatable bonds is 2. The number of nitrogens with zero attached hydrogens (tertiary/aromatic N) is 1. The van der Waals surface area contributed by atoms with Gasteiger partial charge in [-0.1, -0.05) is 0 Å². The van der Waals surface area contributed by atoms with E-state index in [9.17, 15) is 4.79 Å². The molecule has 2 N–H and O–H groups in total. The van der Waals surface area contributed by atoms with Crippen molar-refractivity contribution in [2.24, 2.45) is 0 Å². The molecule has 13 heavy (non-hydrogen) atoms. The maximum atomic E-state index is 10.7. The van der Waals surface area contributed by atoms with Crippen LogP contribution in [0.25, 0.3) is 0 Å². The number of carbonyl (C=O) groups is 1. The van der Waals surface area contributed by atoms with Gasteiger partial charge in [0.25, 0.3) is 0 Å². The van der Waals surface area contributed by atoms with Crippen molar-refractivity contribution in [1.82, 2.24) is 10.2 Å². The average Bonchev–Trinajstić information content (AvgIpc) is 2.01. The lowest BCUT2D eigenvalue weighted by molar-refractivity contribution is -0.142. The highest BCUT2D eigenvalue weighted by atomic mass is 16.5. The zero-order valence-corrected chi connectivity index (χ0v) is 7.40. The van der Waals surface area contributed by atoms with E-state index in [0.717, 1.165) is 26.3 Å². The van der Waals surface area contributed by atoms with Gasteiger partial charge in [0, 0.05) is 19.6 Å². The molecule has 2 heterocycles. The van der Waals surface area contributed by atoms with Gasteiger partial charge in [-0.3, -0.25) is 9.69 Å². The zero-order valence-electron chi connectivity index (χ0n) is 7.40. The van der Waals surface area contributed by atoms with Crippen LogP contribution in [0.3, 0.4) is 0 Å². The number of carboxylic acid groups (broad SMARTS) is 1. The van der Waals surface area contributed by atoms with E-state index in [2.05, 4.69) is 10.2 Å². The number of aliphatic carboxylic acids is 1. The highest BCUT2D eigenvalue weighted by molar-refractivity contribution is 5.73. The molecule has 2 saturated heterocycles. The Kier molecular flexibility index (Phi) is 2.48. The van der Waals surface area contributed by atoms with Crippen LogP contribution in [0.4, 0.5) is 0 Å². The maximum absolute atomic E-state index is 10.7. The third-order valence-corrected chi connectivity index (χ3v) is 2.64. The second-order valence-corrected chi connectivity index (χ2v) is 3.53. The van der Waals surface area contributed by atoms with Gasteiger partial charge in [0.15, 0.2) is 0 Å². The Labute approximate surface area is 76.7 Å². The summed E-state index contributed by atoms with van der Waals surface area (Å²) in [6.07, 6.45) is 0. The van der Waals surface area contributed by atoms with Crippen molar-refractivity contribution >= 4 is 5.97 Å². The van der Waals surface area contributed by atoms with Crippen molar-refractivity contribution < 1.29 is 14.6 Å². The summed E-state index contributed by atoms with van der Waals surface area (Å²) >= 11 is 0. The number of carboxylic acids is 1. The summed E-state index contributed by atoms with van der Waals surface area (Å²) in [5, 5.41) is 11.8. The lowest BCUT2D eigenvalue weighted by atomic mass is 10.1. The molecular formula is C8H14N2O3. The zero-order chi connectivity index (χ0) is 9.26. The van der Waals surface area contributed by atoms with E-state index in [0.29, 0.717) is 12.6 Å². The monoisotopic (exact) mass is 186 g/mol. The van der Waals surface area contributed by atoms with Crippen LogP contribution in [0.1, 0.15) is 0 Å². The molecule has 0 aromatic carbocycles. The SMILES string of the molecule is O=C(O)C1CN(C2COC2)CCN1. The van der Waals surface area contributed by atoms with Crippen LogP contribution < -0.4 is 5.32 Å². The van der Waals surface area contributed by atoms with Crippen LogP contribution in [0.15, 0.2) is 0 Å². The number of nitrogens with one attached hydrogen (secondary N) is 1. The van der Waals surface area contributed by atoms with Gasteiger partial charge in [0.05, 0.1) is 19.3 Å². The Morgan fingerprint density at radius 3 is 2.85 bits per heavy atom. The lowest BCUT2D eigenvalue weighted by Crippen LogP contribution is -2.60. The minimum Gasteiger partial charge on any atom is -0.480 e. The molecule has 2 aliphatic heterocycles. The average molecular weight is 186 g/mol. The third-order valence-electron chi connectivity index (χ3n) is 2.64. The predicted molar refractivity (Wildman–Crippen MR) is 45.6 cm³/mol. The number of ether oxygens (including phenoxy) is 1. The molecule has 0 spiro atoms. The van der Waals surface area contributed by atoms with Crippen molar-refractivity contribution in [1.29, 1.82) is 0 Å². The van der Waals surface area contributed by atoms with Crippen LogP contribution in [0, 0.1) is 0 Å². The van der Waals surface area contributed by atoms with Gasteiger partial charge in [-0.15, -0.1) is 0 Å². The third kappa shape index (κ3) is 1.82. The molecule has 1 unspecified atom stereocenters. The van der Waals surface area contributed by atoms with Crippen LogP contribution >= 0.6 is 0 Å². The summed E-state index contributed by atoms with van der Waals surface area (Å²) in [6.45, 7) is 3.80. The second kappa shape index (κ2) is 3.61. The Bertz CT molecular complexity index is 206. The van der Waals surface area contributed by atoms with Gasteiger partial charge in [-0.25, -0.2) is 0 Å². The van der Waals surface area contributed by atoms with Crippen LogP contribution in [0.5, 0.6) is 0 Å². The molecule has 0 aromatic heterocycles. The van der Waals surface area contributed by atoms with Crippen molar-refractivity contribution in [3.63, 3.8) is 0 Å². The first-order valence-corrected chi connectivity index (χ1v) is 4.55. The first-order chi connectivity index (χ1) is 6.27. The molecule has 1 atom stereocenters. The summed E-state index contributed by atoms with van der Waals surface area (Å²) in [6, 6.07) is 0.0401. The fourth-order valence-corrected chi connectivity index (χ4v) is 1.70. The number of hydrogen-bond donors (Lipinski definition) is 2. The van der Waals surface area contributed by atoms with E-state index in [1.807, 2.05) is 0 Å². The molecule has 5 nitrogen and oxygen atoms in total. The summed E-state index contributed by atoms with van der Waals surface area (Å²) in [7, 11) is 0. The molecule has 0 aromatic rings. The molecule has 5 heteroatoms. The standard InChI is InChI=1S/C8H14N2O3/c11-8(12)7-3-10(2-1-9-7)6-4-13-5-6/h6-7,9H,1-5H2,(H,11,12). The van der Waals surface area contributed by atoms with Gasteiger partial charge < -0.3 is 15.2 Å². The maximum Gasteiger partial charge on any atom is 0.322 e. The number of hydrogen-bond acceptors (Lipinski definition) is 4. The first-order valence-electron chi connectivity index (χ1n) is 4.55. The fraction of sp³-hybridized carbons (Fsp3) is 0.875. The molecule has 0 aliphatic carbocycles. The normalized spacial score (nSPS) is 31.2. The minimum absolute atomic E-state index is 0.408. The molecule has 0 radical (unpaired) electrons. The quantitative estimate of drug-likeness (QED) is 0.564. The smallest absolute Gasteiger partial charge is 0.322 e. The van der Waals surface area contributed by atoms with Crippen molar-refractivity contribution in [3.05, 3.63) is 0 Å². The van der Waals surface area contributed by atoms with Gasteiger partial charge in [-0.2, -0.15) is 0 Å². The van der Waals surface area contributed by atoms with Gasteiger partial charge >= 0.3 is 5.97 Å². The van der Waals surface area contributed by atoms with Gasteiger partial charge in [0.2, 0.25) is 0 Å². The molecule has 2 aliphatic rings. The highest BCUT2D eigenvalue weighted by Gasteiger charge is 2.32. The minimum atomic E-state index is -0.759. The summed E-state index contributed by atoms with van der Waals surface area (Å²) < 4.78 is 5.07. The molecule has 2 fully saturated rings. The Balaban J connectivity index is 1.87. The summed E-state index contributed by atoms with van der Waals surface area (Å²) in [4.78, 5) is 12.9. The summed E-state index contributed by atoms with van der Waals surface area (Å²) in [5.74, 6) is -0.759.